The molecule has 0 saturated heterocycles. The minimum absolute atomic E-state index is 0.223. The Bertz CT molecular complexity index is 974. The van der Waals surface area contributed by atoms with E-state index in [1.54, 1.807) is 13.2 Å². The van der Waals surface area contributed by atoms with Crippen LogP contribution in [0.3, 0.4) is 0 Å². The summed E-state index contributed by atoms with van der Waals surface area (Å²) >= 11 is 6.12. The maximum Gasteiger partial charge on any atom is 0.275 e. The fraction of sp³-hybridized carbons (Fsp3) is 0.150. The Labute approximate surface area is 162 Å². The number of aryl methyl sites for hydroxylation is 2. The first-order valence-electron chi connectivity index (χ1n) is 8.27. The number of hydrogen-bond donors (Lipinski definition) is 2. The monoisotopic (exact) mass is 382 g/mol. The highest BCUT2D eigenvalue weighted by molar-refractivity contribution is 6.31. The van der Waals surface area contributed by atoms with Gasteiger partial charge in [0.05, 0.1) is 25.2 Å². The molecule has 7 heteroatoms. The van der Waals surface area contributed by atoms with Gasteiger partial charge in [-0.15, -0.1) is 0 Å². The number of rotatable bonds is 5. The summed E-state index contributed by atoms with van der Waals surface area (Å²) in [5.74, 6) is 0.760. The van der Waals surface area contributed by atoms with Crippen LogP contribution in [0.4, 0.5) is 17.2 Å². The molecular formula is C20H19ClN4O2. The van der Waals surface area contributed by atoms with Crippen LogP contribution in [0.25, 0.3) is 0 Å². The molecule has 6 nitrogen and oxygen atoms in total. The number of aromatic nitrogens is 2. The van der Waals surface area contributed by atoms with Gasteiger partial charge in [-0.3, -0.25) is 4.79 Å². The highest BCUT2D eigenvalue weighted by Crippen LogP contribution is 2.32. The van der Waals surface area contributed by atoms with Crippen molar-refractivity contribution in [2.75, 3.05) is 17.7 Å². The third-order valence-corrected chi connectivity index (χ3v) is 4.31. The van der Waals surface area contributed by atoms with Crippen molar-refractivity contribution in [2.45, 2.75) is 13.8 Å². The minimum Gasteiger partial charge on any atom is -0.495 e. The molecule has 0 unspecified atom stereocenters. The number of ether oxygens (including phenoxy) is 1. The van der Waals surface area contributed by atoms with E-state index in [2.05, 4.69) is 20.6 Å². The minimum atomic E-state index is -0.320. The average molecular weight is 383 g/mol. The van der Waals surface area contributed by atoms with E-state index < -0.39 is 0 Å². The van der Waals surface area contributed by atoms with E-state index in [0.717, 1.165) is 11.1 Å². The van der Waals surface area contributed by atoms with Gasteiger partial charge in [-0.1, -0.05) is 23.7 Å². The smallest absolute Gasteiger partial charge is 0.275 e. The molecule has 3 aromatic rings. The molecule has 2 aromatic carbocycles. The summed E-state index contributed by atoms with van der Waals surface area (Å²) in [6, 6.07) is 11.1. The highest BCUT2D eigenvalue weighted by atomic mass is 35.5. The zero-order valence-corrected chi connectivity index (χ0v) is 16.0. The second-order valence-electron chi connectivity index (χ2n) is 6.04. The zero-order valence-electron chi connectivity index (χ0n) is 15.2. The summed E-state index contributed by atoms with van der Waals surface area (Å²) in [4.78, 5) is 20.8. The summed E-state index contributed by atoms with van der Waals surface area (Å²) in [7, 11) is 1.57. The molecule has 0 aliphatic heterocycles. The predicted octanol–water partition coefficient (Wildman–Crippen LogP) is 4.75. The van der Waals surface area contributed by atoms with Gasteiger partial charge in [-0.25, -0.2) is 9.97 Å². The van der Waals surface area contributed by atoms with Gasteiger partial charge in [0.25, 0.3) is 5.91 Å². The highest BCUT2D eigenvalue weighted by Gasteiger charge is 2.11. The van der Waals surface area contributed by atoms with Gasteiger partial charge < -0.3 is 15.4 Å². The van der Waals surface area contributed by atoms with E-state index in [0.29, 0.717) is 28.0 Å². The van der Waals surface area contributed by atoms with Gasteiger partial charge in [0, 0.05) is 16.8 Å². The molecule has 27 heavy (non-hydrogen) atoms. The Kier molecular flexibility index (Phi) is 5.57. The van der Waals surface area contributed by atoms with Crippen molar-refractivity contribution in [1.82, 2.24) is 9.97 Å². The van der Waals surface area contributed by atoms with E-state index in [1.807, 2.05) is 44.2 Å². The first kappa shape index (κ1) is 18.7. The van der Waals surface area contributed by atoms with Crippen LogP contribution in [0.15, 0.2) is 48.8 Å². The van der Waals surface area contributed by atoms with E-state index in [9.17, 15) is 4.79 Å². The molecule has 0 aliphatic rings. The molecule has 2 N–H and O–H groups in total. The molecular weight excluding hydrogens is 364 g/mol. The van der Waals surface area contributed by atoms with Gasteiger partial charge in [-0.05, 0) is 43.2 Å². The number of carbonyl (C=O) groups excluding carboxylic acids is 1. The first-order chi connectivity index (χ1) is 13.0. The van der Waals surface area contributed by atoms with E-state index >= 15 is 0 Å². The van der Waals surface area contributed by atoms with Crippen LogP contribution >= 0.6 is 11.6 Å². The Hall–Kier alpha value is -3.12. The number of amides is 1. The standard InChI is InChI=1S/C20H19ClN4O2/c1-12-5-4-6-14(7-12)24-20(26)17-10-23-19(11-22-17)25-16-8-13(2)15(21)9-18(16)27-3/h4-11H,1-3H3,(H,23,25)(H,24,26). The lowest BCUT2D eigenvalue weighted by molar-refractivity contribution is 0.102. The second kappa shape index (κ2) is 8.05. The lowest BCUT2D eigenvalue weighted by Gasteiger charge is -2.12. The third kappa shape index (κ3) is 4.54. The van der Waals surface area contributed by atoms with Crippen LogP contribution < -0.4 is 15.4 Å². The van der Waals surface area contributed by atoms with Crippen LogP contribution in [0.2, 0.25) is 5.02 Å². The quantitative estimate of drug-likeness (QED) is 0.665. The zero-order chi connectivity index (χ0) is 19.4. The Morgan fingerprint density at radius 3 is 2.59 bits per heavy atom. The van der Waals surface area contributed by atoms with Gasteiger partial charge in [0.1, 0.15) is 17.3 Å². The number of carbonyl (C=O) groups is 1. The van der Waals surface area contributed by atoms with Crippen molar-refractivity contribution in [3.8, 4) is 5.75 Å². The largest absolute Gasteiger partial charge is 0.495 e. The van der Waals surface area contributed by atoms with Crippen molar-refractivity contribution >= 4 is 34.7 Å². The number of hydrogen-bond acceptors (Lipinski definition) is 5. The average Bonchev–Trinajstić information content (AvgIpc) is 2.65. The SMILES string of the molecule is COc1cc(Cl)c(C)cc1Nc1cnc(C(=O)Nc2cccc(C)c2)cn1. The molecule has 1 heterocycles. The Balaban J connectivity index is 1.74. The maximum atomic E-state index is 12.3. The lowest BCUT2D eigenvalue weighted by atomic mass is 10.2. The summed E-state index contributed by atoms with van der Waals surface area (Å²) in [6.45, 7) is 3.86. The molecule has 1 amide bonds. The normalized spacial score (nSPS) is 10.4. The van der Waals surface area contributed by atoms with Gasteiger partial charge in [0.15, 0.2) is 0 Å². The summed E-state index contributed by atoms with van der Waals surface area (Å²) in [5.41, 5.74) is 3.62. The second-order valence-corrected chi connectivity index (χ2v) is 6.44. The van der Waals surface area contributed by atoms with Crippen LogP contribution in [0.5, 0.6) is 5.75 Å². The van der Waals surface area contributed by atoms with E-state index in [-0.39, 0.29) is 11.6 Å². The van der Waals surface area contributed by atoms with Gasteiger partial charge in [-0.2, -0.15) is 0 Å². The predicted molar refractivity (Wildman–Crippen MR) is 107 cm³/mol. The summed E-state index contributed by atoms with van der Waals surface area (Å²) in [6.07, 6.45) is 2.91. The van der Waals surface area contributed by atoms with Gasteiger partial charge >= 0.3 is 0 Å². The molecule has 0 saturated carbocycles. The number of nitrogens with zero attached hydrogens (tertiary/aromatic N) is 2. The molecule has 138 valence electrons. The fourth-order valence-corrected chi connectivity index (χ4v) is 2.65. The lowest BCUT2D eigenvalue weighted by Crippen LogP contribution is -2.14. The van der Waals surface area contributed by atoms with Crippen molar-refractivity contribution in [1.29, 1.82) is 0 Å². The summed E-state index contributed by atoms with van der Waals surface area (Å²) in [5, 5.41) is 6.55. The number of benzene rings is 2. The first-order valence-corrected chi connectivity index (χ1v) is 8.65. The number of halogens is 1. The molecule has 0 radical (unpaired) electrons. The van der Waals surface area contributed by atoms with E-state index in [1.165, 1.54) is 12.4 Å². The molecule has 0 atom stereocenters. The van der Waals surface area contributed by atoms with E-state index in [4.69, 9.17) is 16.3 Å². The van der Waals surface area contributed by atoms with Crippen LogP contribution in [-0.2, 0) is 0 Å². The number of anilines is 3. The molecule has 3 rings (SSSR count). The van der Waals surface area contributed by atoms with Gasteiger partial charge in [0.2, 0.25) is 0 Å². The fourth-order valence-electron chi connectivity index (χ4n) is 2.50. The van der Waals surface area contributed by atoms with Crippen LogP contribution in [0, 0.1) is 13.8 Å². The van der Waals surface area contributed by atoms with Crippen LogP contribution in [-0.4, -0.2) is 23.0 Å². The maximum absolute atomic E-state index is 12.3. The van der Waals surface area contributed by atoms with Crippen molar-refractivity contribution < 1.29 is 9.53 Å². The van der Waals surface area contributed by atoms with Crippen molar-refractivity contribution in [3.05, 3.63) is 70.6 Å². The molecule has 0 fully saturated rings. The third-order valence-electron chi connectivity index (χ3n) is 3.90. The molecule has 0 spiro atoms. The number of nitrogens with one attached hydrogen (secondary N) is 2. The Morgan fingerprint density at radius 2 is 1.93 bits per heavy atom. The summed E-state index contributed by atoms with van der Waals surface area (Å²) < 4.78 is 5.33. The molecule has 1 aromatic heterocycles. The Morgan fingerprint density at radius 1 is 1.11 bits per heavy atom. The molecule has 0 bridgehead atoms. The molecule has 0 aliphatic carbocycles. The topological polar surface area (TPSA) is 76.1 Å². The van der Waals surface area contributed by atoms with Crippen molar-refractivity contribution in [3.63, 3.8) is 0 Å². The number of methoxy groups -OCH3 is 1. The van der Waals surface area contributed by atoms with Crippen molar-refractivity contribution in [2.24, 2.45) is 0 Å². The van der Waals surface area contributed by atoms with Crippen LogP contribution in [0.1, 0.15) is 21.6 Å².